The Bertz CT molecular complexity index is 219. The van der Waals surface area contributed by atoms with Gasteiger partial charge in [0.15, 0.2) is 0 Å². The highest BCUT2D eigenvalue weighted by Crippen LogP contribution is 2.19. The van der Waals surface area contributed by atoms with Crippen molar-refractivity contribution in [1.29, 1.82) is 0 Å². The van der Waals surface area contributed by atoms with Crippen molar-refractivity contribution in [2.75, 3.05) is 0 Å². The summed E-state index contributed by atoms with van der Waals surface area (Å²) >= 11 is 3.42. The lowest BCUT2D eigenvalue weighted by molar-refractivity contribution is 0.426. The molecule has 0 heterocycles. The fourth-order valence-corrected chi connectivity index (χ4v) is 1.24. The van der Waals surface area contributed by atoms with Crippen LogP contribution < -0.4 is 5.46 Å². The number of benzene rings is 1. The summed E-state index contributed by atoms with van der Waals surface area (Å²) in [6.07, 6.45) is 0. The molecule has 0 fully saturated rings. The fraction of sp³-hybridized carbons (Fsp3) is 0.250. The SMILES string of the molecule is CC(Br)c1ccc(B(O)O)cc1. The van der Waals surface area contributed by atoms with Gasteiger partial charge in [0, 0.05) is 4.83 Å². The lowest BCUT2D eigenvalue weighted by Gasteiger charge is -2.04. The van der Waals surface area contributed by atoms with Gasteiger partial charge in [-0.15, -0.1) is 0 Å². The minimum absolute atomic E-state index is 0.294. The standard InChI is InChI=1S/C8H10BBrO2/c1-6(10)7-2-4-8(5-3-7)9(11)12/h2-6,11-12H,1H3. The molecule has 64 valence electrons. The first kappa shape index (κ1) is 9.77. The Balaban J connectivity index is 2.86. The van der Waals surface area contributed by atoms with Crippen molar-refractivity contribution in [2.24, 2.45) is 0 Å². The van der Waals surface area contributed by atoms with Crippen LogP contribution in [0.4, 0.5) is 0 Å². The quantitative estimate of drug-likeness (QED) is 0.582. The van der Waals surface area contributed by atoms with Gasteiger partial charge >= 0.3 is 7.12 Å². The highest BCUT2D eigenvalue weighted by molar-refractivity contribution is 9.09. The number of alkyl halides is 1. The molecule has 2 N–H and O–H groups in total. The summed E-state index contributed by atoms with van der Waals surface area (Å²) < 4.78 is 0. The molecule has 0 aromatic heterocycles. The van der Waals surface area contributed by atoms with Crippen LogP contribution in [0.5, 0.6) is 0 Å². The molecule has 0 saturated carbocycles. The molecule has 0 aliphatic rings. The summed E-state index contributed by atoms with van der Waals surface area (Å²) in [7, 11) is -1.37. The molecule has 4 heteroatoms. The summed E-state index contributed by atoms with van der Waals surface area (Å²) in [6, 6.07) is 7.15. The van der Waals surface area contributed by atoms with Gasteiger partial charge in [-0.05, 0) is 17.9 Å². The largest absolute Gasteiger partial charge is 0.488 e. The van der Waals surface area contributed by atoms with Crippen molar-refractivity contribution in [1.82, 2.24) is 0 Å². The van der Waals surface area contributed by atoms with Gasteiger partial charge < -0.3 is 10.0 Å². The average molecular weight is 229 g/mol. The van der Waals surface area contributed by atoms with Crippen molar-refractivity contribution >= 4 is 28.5 Å². The van der Waals surface area contributed by atoms with Crippen LogP contribution in [0.25, 0.3) is 0 Å². The molecule has 0 amide bonds. The van der Waals surface area contributed by atoms with E-state index in [1.165, 1.54) is 0 Å². The van der Waals surface area contributed by atoms with E-state index in [1.807, 2.05) is 19.1 Å². The molecule has 1 atom stereocenters. The Hall–Kier alpha value is -0.315. The lowest BCUT2D eigenvalue weighted by Crippen LogP contribution is -2.29. The molecule has 0 saturated heterocycles. The maximum Gasteiger partial charge on any atom is 0.488 e. The predicted molar refractivity (Wildman–Crippen MR) is 53.6 cm³/mol. The second-order valence-corrected chi connectivity index (χ2v) is 4.03. The molecule has 12 heavy (non-hydrogen) atoms. The Morgan fingerprint density at radius 2 is 1.75 bits per heavy atom. The van der Waals surface area contributed by atoms with Crippen LogP contribution in [-0.2, 0) is 0 Å². The van der Waals surface area contributed by atoms with Crippen LogP contribution in [0.3, 0.4) is 0 Å². The Morgan fingerprint density at radius 1 is 1.25 bits per heavy atom. The Morgan fingerprint density at radius 3 is 2.08 bits per heavy atom. The normalized spacial score (nSPS) is 12.7. The van der Waals surface area contributed by atoms with Gasteiger partial charge in [-0.3, -0.25) is 0 Å². The molecule has 1 aromatic rings. The van der Waals surface area contributed by atoms with Crippen LogP contribution in [0.15, 0.2) is 24.3 Å². The molecular formula is C8H10BBrO2. The topological polar surface area (TPSA) is 40.5 Å². The molecular weight excluding hydrogens is 219 g/mol. The van der Waals surface area contributed by atoms with E-state index in [1.54, 1.807) is 12.1 Å². The van der Waals surface area contributed by atoms with Crippen LogP contribution in [-0.4, -0.2) is 17.2 Å². The smallest absolute Gasteiger partial charge is 0.423 e. The van der Waals surface area contributed by atoms with Crippen molar-refractivity contribution in [3.63, 3.8) is 0 Å². The molecule has 0 aliphatic carbocycles. The zero-order valence-electron chi connectivity index (χ0n) is 6.74. The minimum Gasteiger partial charge on any atom is -0.423 e. The number of hydrogen-bond acceptors (Lipinski definition) is 2. The third-order valence-electron chi connectivity index (χ3n) is 1.69. The number of halogens is 1. The highest BCUT2D eigenvalue weighted by Gasteiger charge is 2.10. The molecule has 2 nitrogen and oxygen atoms in total. The first-order valence-electron chi connectivity index (χ1n) is 3.71. The van der Waals surface area contributed by atoms with E-state index in [2.05, 4.69) is 15.9 Å². The zero-order valence-corrected chi connectivity index (χ0v) is 8.32. The van der Waals surface area contributed by atoms with E-state index in [9.17, 15) is 0 Å². The van der Waals surface area contributed by atoms with E-state index in [0.29, 0.717) is 10.3 Å². The number of rotatable bonds is 2. The van der Waals surface area contributed by atoms with Crippen molar-refractivity contribution in [3.05, 3.63) is 29.8 Å². The molecule has 0 aliphatic heterocycles. The summed E-state index contributed by atoms with van der Waals surface area (Å²) in [6.45, 7) is 2.02. The van der Waals surface area contributed by atoms with E-state index in [0.717, 1.165) is 5.56 Å². The highest BCUT2D eigenvalue weighted by atomic mass is 79.9. The molecule has 1 aromatic carbocycles. The Kier molecular flexibility index (Phi) is 3.32. The Labute approximate surface area is 80.5 Å². The van der Waals surface area contributed by atoms with Crippen LogP contribution in [0.2, 0.25) is 0 Å². The van der Waals surface area contributed by atoms with Crippen molar-refractivity contribution < 1.29 is 10.0 Å². The lowest BCUT2D eigenvalue weighted by atomic mass is 9.80. The summed E-state index contributed by atoms with van der Waals surface area (Å²) in [5, 5.41) is 17.6. The van der Waals surface area contributed by atoms with Crippen molar-refractivity contribution in [3.8, 4) is 0 Å². The third-order valence-corrected chi connectivity index (χ3v) is 2.22. The van der Waals surface area contributed by atoms with E-state index in [-0.39, 0.29) is 0 Å². The molecule has 0 bridgehead atoms. The summed E-state index contributed by atoms with van der Waals surface area (Å²) in [4.78, 5) is 0.294. The van der Waals surface area contributed by atoms with Gasteiger partial charge in [0.05, 0.1) is 0 Å². The average Bonchev–Trinajstić information content (AvgIpc) is 2.04. The second kappa shape index (κ2) is 4.07. The monoisotopic (exact) mass is 228 g/mol. The van der Waals surface area contributed by atoms with E-state index in [4.69, 9.17) is 10.0 Å². The van der Waals surface area contributed by atoms with Gasteiger partial charge in [0.25, 0.3) is 0 Å². The zero-order chi connectivity index (χ0) is 9.14. The molecule has 0 radical (unpaired) electrons. The van der Waals surface area contributed by atoms with E-state index < -0.39 is 7.12 Å². The first-order chi connectivity index (χ1) is 5.61. The van der Waals surface area contributed by atoms with Gasteiger partial charge in [-0.1, -0.05) is 40.2 Å². The summed E-state index contributed by atoms with van der Waals surface area (Å²) in [5.41, 5.74) is 1.64. The summed E-state index contributed by atoms with van der Waals surface area (Å²) in [5.74, 6) is 0. The second-order valence-electron chi connectivity index (χ2n) is 2.66. The van der Waals surface area contributed by atoms with E-state index >= 15 is 0 Å². The predicted octanol–water partition coefficient (Wildman–Crippen LogP) is 0.822. The van der Waals surface area contributed by atoms with Crippen molar-refractivity contribution in [2.45, 2.75) is 11.8 Å². The minimum atomic E-state index is -1.37. The van der Waals surface area contributed by atoms with Gasteiger partial charge in [-0.25, -0.2) is 0 Å². The van der Waals surface area contributed by atoms with Crippen LogP contribution >= 0.6 is 15.9 Å². The molecule has 1 rings (SSSR count). The third kappa shape index (κ3) is 2.34. The van der Waals surface area contributed by atoms with Gasteiger partial charge in [0.1, 0.15) is 0 Å². The maximum atomic E-state index is 8.80. The van der Waals surface area contributed by atoms with Gasteiger partial charge in [0.2, 0.25) is 0 Å². The maximum absolute atomic E-state index is 8.80. The van der Waals surface area contributed by atoms with Gasteiger partial charge in [-0.2, -0.15) is 0 Å². The first-order valence-corrected chi connectivity index (χ1v) is 4.63. The molecule has 0 spiro atoms. The van der Waals surface area contributed by atoms with Crippen LogP contribution in [0.1, 0.15) is 17.3 Å². The molecule has 1 unspecified atom stereocenters. The number of hydrogen-bond donors (Lipinski definition) is 2. The fourth-order valence-electron chi connectivity index (χ4n) is 0.933. The van der Waals surface area contributed by atoms with Crippen LogP contribution in [0, 0.1) is 0 Å².